The maximum absolute atomic E-state index is 13.7. The van der Waals surface area contributed by atoms with E-state index in [9.17, 15) is 14.7 Å². The quantitative estimate of drug-likeness (QED) is 0.498. The Hall–Kier alpha value is -3.13. The minimum absolute atomic E-state index is 0.0110. The van der Waals surface area contributed by atoms with E-state index in [0.717, 1.165) is 17.0 Å². The molecule has 1 saturated carbocycles. The highest BCUT2D eigenvalue weighted by atomic mass is 79.9. The average molecular weight is 542 g/mol. The molecular formula is C27H28BrNO6. The lowest BCUT2D eigenvalue weighted by Gasteiger charge is -2.38. The highest BCUT2D eigenvalue weighted by Crippen LogP contribution is 2.48. The number of methoxy groups -OCH3 is 2. The SMILES string of the molecule is CCOc1cc([C@@H]2C(C(=O)OC)=C(C)N=C3C[C@@H](c4ccc(OC)cc4)CC(=O)C32)cc(Br)c1O. The number of esters is 1. The molecule has 2 aromatic rings. The summed E-state index contributed by atoms with van der Waals surface area (Å²) in [5.74, 6) is -0.726. The van der Waals surface area contributed by atoms with Crippen LogP contribution in [0.2, 0.25) is 0 Å². The normalized spacial score (nSPS) is 21.8. The predicted molar refractivity (Wildman–Crippen MR) is 135 cm³/mol. The van der Waals surface area contributed by atoms with E-state index in [1.54, 1.807) is 26.2 Å². The molecule has 4 rings (SSSR count). The van der Waals surface area contributed by atoms with Crippen LogP contribution in [0.15, 0.2) is 57.1 Å². The zero-order valence-electron chi connectivity index (χ0n) is 20.1. The molecule has 0 aromatic heterocycles. The summed E-state index contributed by atoms with van der Waals surface area (Å²) in [6, 6.07) is 11.2. The first kappa shape index (κ1) is 25.0. The van der Waals surface area contributed by atoms with E-state index < -0.39 is 17.8 Å². The summed E-state index contributed by atoms with van der Waals surface area (Å²) in [7, 11) is 2.94. The van der Waals surface area contributed by atoms with Gasteiger partial charge in [0.1, 0.15) is 11.5 Å². The number of phenols is 1. The van der Waals surface area contributed by atoms with Crippen molar-refractivity contribution in [1.82, 2.24) is 0 Å². The lowest BCUT2D eigenvalue weighted by Crippen LogP contribution is -2.41. The van der Waals surface area contributed by atoms with E-state index in [1.807, 2.05) is 31.2 Å². The third-order valence-electron chi connectivity index (χ3n) is 6.66. The molecule has 1 aliphatic carbocycles. The first-order valence-corrected chi connectivity index (χ1v) is 12.3. The summed E-state index contributed by atoms with van der Waals surface area (Å²) in [5, 5.41) is 10.4. The fourth-order valence-electron chi connectivity index (χ4n) is 5.06. The number of hydrogen-bond acceptors (Lipinski definition) is 7. The molecule has 1 fully saturated rings. The Kier molecular flexibility index (Phi) is 7.31. The summed E-state index contributed by atoms with van der Waals surface area (Å²) >= 11 is 3.39. The number of carbonyl (C=O) groups is 2. The highest BCUT2D eigenvalue weighted by Gasteiger charge is 2.46. The Morgan fingerprint density at radius 2 is 1.83 bits per heavy atom. The molecule has 2 aliphatic rings. The highest BCUT2D eigenvalue weighted by molar-refractivity contribution is 9.10. The molecule has 1 N–H and O–H groups in total. The Labute approximate surface area is 212 Å². The van der Waals surface area contributed by atoms with Crippen LogP contribution in [0.4, 0.5) is 0 Å². The third kappa shape index (κ3) is 4.72. The number of allylic oxidation sites excluding steroid dienone is 1. The Balaban J connectivity index is 1.80. The number of halogens is 1. The van der Waals surface area contributed by atoms with Gasteiger partial charge in [0.25, 0.3) is 0 Å². The van der Waals surface area contributed by atoms with Crippen LogP contribution in [-0.2, 0) is 14.3 Å². The van der Waals surface area contributed by atoms with Crippen molar-refractivity contribution in [2.75, 3.05) is 20.8 Å². The number of aliphatic imine (C=N–C) groups is 1. The van der Waals surface area contributed by atoms with Crippen molar-refractivity contribution in [1.29, 1.82) is 0 Å². The van der Waals surface area contributed by atoms with Gasteiger partial charge in [0.15, 0.2) is 11.5 Å². The van der Waals surface area contributed by atoms with Crippen molar-refractivity contribution in [2.45, 2.75) is 38.5 Å². The Morgan fingerprint density at radius 1 is 1.11 bits per heavy atom. The molecule has 1 heterocycles. The van der Waals surface area contributed by atoms with Crippen LogP contribution in [0.25, 0.3) is 0 Å². The lowest BCUT2D eigenvalue weighted by molar-refractivity contribution is -0.136. The van der Waals surface area contributed by atoms with E-state index in [4.69, 9.17) is 19.2 Å². The van der Waals surface area contributed by atoms with Gasteiger partial charge in [0.2, 0.25) is 0 Å². The van der Waals surface area contributed by atoms with Crippen molar-refractivity contribution < 1.29 is 28.9 Å². The number of benzene rings is 2. The predicted octanol–water partition coefficient (Wildman–Crippen LogP) is 5.31. The summed E-state index contributed by atoms with van der Waals surface area (Å²) in [5.41, 5.74) is 3.34. The number of phenolic OH excluding ortho intramolecular Hbond substituents is 1. The van der Waals surface area contributed by atoms with E-state index >= 15 is 0 Å². The minimum Gasteiger partial charge on any atom is -0.503 e. The number of ketones is 1. The zero-order valence-corrected chi connectivity index (χ0v) is 21.7. The summed E-state index contributed by atoms with van der Waals surface area (Å²) in [6.45, 7) is 3.94. The van der Waals surface area contributed by atoms with Crippen molar-refractivity contribution in [3.8, 4) is 17.2 Å². The molecule has 0 amide bonds. The second kappa shape index (κ2) is 10.2. The number of carbonyl (C=O) groups excluding carboxylic acids is 2. The fraction of sp³-hybridized carbons (Fsp3) is 0.370. The number of aromatic hydroxyl groups is 1. The van der Waals surface area contributed by atoms with Gasteiger partial charge in [-0.1, -0.05) is 12.1 Å². The first-order valence-electron chi connectivity index (χ1n) is 11.5. The molecular weight excluding hydrogens is 514 g/mol. The maximum Gasteiger partial charge on any atom is 0.336 e. The molecule has 8 heteroatoms. The lowest BCUT2D eigenvalue weighted by atomic mass is 9.66. The van der Waals surface area contributed by atoms with Crippen molar-refractivity contribution in [3.63, 3.8) is 0 Å². The molecule has 184 valence electrons. The molecule has 2 aromatic carbocycles. The van der Waals surface area contributed by atoms with Crippen LogP contribution in [-0.4, -0.2) is 43.4 Å². The molecule has 0 bridgehead atoms. The van der Waals surface area contributed by atoms with Crippen LogP contribution in [0.1, 0.15) is 49.7 Å². The largest absolute Gasteiger partial charge is 0.503 e. The fourth-order valence-corrected chi connectivity index (χ4v) is 5.52. The van der Waals surface area contributed by atoms with Crippen LogP contribution in [0.3, 0.4) is 0 Å². The van der Waals surface area contributed by atoms with Crippen molar-refractivity contribution in [3.05, 3.63) is 63.3 Å². The molecule has 35 heavy (non-hydrogen) atoms. The van der Waals surface area contributed by atoms with Crippen molar-refractivity contribution in [2.24, 2.45) is 10.9 Å². The molecule has 0 radical (unpaired) electrons. The first-order chi connectivity index (χ1) is 16.8. The number of ether oxygens (including phenoxy) is 3. The Bertz CT molecular complexity index is 1220. The van der Waals surface area contributed by atoms with Gasteiger partial charge in [0, 0.05) is 23.7 Å². The smallest absolute Gasteiger partial charge is 0.336 e. The van der Waals surface area contributed by atoms with Crippen LogP contribution >= 0.6 is 15.9 Å². The topological polar surface area (TPSA) is 94.4 Å². The molecule has 0 saturated heterocycles. The molecule has 7 nitrogen and oxygen atoms in total. The standard InChI is InChI=1S/C27H28BrNO6/c1-5-35-22-13-17(10-19(28)26(22)31)24-23(27(32)34-4)14(2)29-20-11-16(12-21(30)25(20)24)15-6-8-18(33-3)9-7-15/h6-10,13,16,24-25,31H,5,11-12H2,1-4H3/t16-,24-,25?/m1/s1. The number of nitrogens with zero attached hydrogens (tertiary/aromatic N) is 1. The van der Waals surface area contributed by atoms with Gasteiger partial charge in [-0.05, 0) is 77.5 Å². The van der Waals surface area contributed by atoms with Gasteiger partial charge in [-0.3, -0.25) is 9.79 Å². The molecule has 1 unspecified atom stereocenters. The van der Waals surface area contributed by atoms with Gasteiger partial charge in [0.05, 0.1) is 36.8 Å². The van der Waals surface area contributed by atoms with Gasteiger partial charge in [-0.2, -0.15) is 0 Å². The van der Waals surface area contributed by atoms with Crippen LogP contribution in [0.5, 0.6) is 17.2 Å². The second-order valence-electron chi connectivity index (χ2n) is 8.68. The third-order valence-corrected chi connectivity index (χ3v) is 7.26. The van der Waals surface area contributed by atoms with Gasteiger partial charge >= 0.3 is 5.97 Å². The van der Waals surface area contributed by atoms with E-state index in [2.05, 4.69) is 15.9 Å². The van der Waals surface area contributed by atoms with Gasteiger partial charge in [-0.15, -0.1) is 0 Å². The second-order valence-corrected chi connectivity index (χ2v) is 9.53. The van der Waals surface area contributed by atoms with E-state index in [-0.39, 0.29) is 23.2 Å². The van der Waals surface area contributed by atoms with Gasteiger partial charge in [-0.25, -0.2) is 4.79 Å². The minimum atomic E-state index is -0.604. The Morgan fingerprint density at radius 3 is 2.46 bits per heavy atom. The average Bonchev–Trinajstić information content (AvgIpc) is 2.85. The monoisotopic (exact) mass is 541 g/mol. The zero-order chi connectivity index (χ0) is 25.3. The number of hydrogen-bond donors (Lipinski definition) is 1. The van der Waals surface area contributed by atoms with Gasteiger partial charge < -0.3 is 19.3 Å². The molecule has 0 spiro atoms. The van der Waals surface area contributed by atoms with Crippen LogP contribution < -0.4 is 9.47 Å². The number of rotatable bonds is 6. The molecule has 1 aliphatic heterocycles. The summed E-state index contributed by atoms with van der Waals surface area (Å²) < 4.78 is 16.4. The van der Waals surface area contributed by atoms with E-state index in [0.29, 0.717) is 40.8 Å². The number of Topliss-reactive ketones (excluding diaryl/α,β-unsaturated/α-hetero) is 1. The number of fused-ring (bicyclic) bond motifs is 1. The molecule has 3 atom stereocenters. The summed E-state index contributed by atoms with van der Waals surface area (Å²) in [6.07, 6.45) is 0.931. The van der Waals surface area contributed by atoms with Crippen molar-refractivity contribution >= 4 is 33.4 Å². The van der Waals surface area contributed by atoms with Crippen LogP contribution in [0, 0.1) is 5.92 Å². The summed E-state index contributed by atoms with van der Waals surface area (Å²) in [4.78, 5) is 31.3. The van der Waals surface area contributed by atoms with E-state index in [1.165, 1.54) is 7.11 Å². The maximum atomic E-state index is 13.7.